The van der Waals surface area contributed by atoms with E-state index in [4.69, 9.17) is 9.47 Å². The summed E-state index contributed by atoms with van der Waals surface area (Å²) < 4.78 is 37.5. The molecule has 1 amide bonds. The molecule has 1 rings (SSSR count). The highest BCUT2D eigenvalue weighted by Crippen LogP contribution is 2.15. The van der Waals surface area contributed by atoms with Crippen LogP contribution in [0.15, 0.2) is 29.2 Å². The van der Waals surface area contributed by atoms with Gasteiger partial charge in [0.2, 0.25) is 15.9 Å². The average Bonchev–Trinajstić information content (AvgIpc) is 2.61. The maximum absolute atomic E-state index is 12.2. The summed E-state index contributed by atoms with van der Waals surface area (Å²) in [6.45, 7) is 6.42. The molecule has 0 aromatic heterocycles. The van der Waals surface area contributed by atoms with Crippen LogP contribution >= 0.6 is 0 Å². The molecule has 8 heteroatoms. The predicted octanol–water partition coefficient (Wildman–Crippen LogP) is 2.08. The molecule has 0 unspecified atom stereocenters. The second-order valence-electron chi connectivity index (χ2n) is 5.72. The van der Waals surface area contributed by atoms with Gasteiger partial charge in [0.05, 0.1) is 11.5 Å². The summed E-state index contributed by atoms with van der Waals surface area (Å²) in [6, 6.07) is 6.17. The van der Waals surface area contributed by atoms with Crippen molar-refractivity contribution in [3.05, 3.63) is 24.3 Å². The van der Waals surface area contributed by atoms with Crippen LogP contribution in [0.2, 0.25) is 0 Å². The second kappa shape index (κ2) is 12.7. The van der Waals surface area contributed by atoms with E-state index in [1.807, 2.05) is 6.92 Å². The SMILES string of the molecule is CCCCOCCCNC(=O)CCNS(=O)(=O)c1ccc(OCC)cc1. The van der Waals surface area contributed by atoms with Crippen LogP contribution in [0.1, 0.15) is 39.5 Å². The molecular formula is C18H30N2O5S. The number of hydrogen-bond acceptors (Lipinski definition) is 5. The minimum atomic E-state index is -3.63. The van der Waals surface area contributed by atoms with E-state index in [0.29, 0.717) is 25.5 Å². The Morgan fingerprint density at radius 3 is 2.38 bits per heavy atom. The van der Waals surface area contributed by atoms with Crippen molar-refractivity contribution in [2.75, 3.05) is 32.9 Å². The zero-order chi connectivity index (χ0) is 19.3. The lowest BCUT2D eigenvalue weighted by Gasteiger charge is -2.09. The number of carbonyl (C=O) groups is 1. The summed E-state index contributed by atoms with van der Waals surface area (Å²) in [6.07, 6.45) is 2.98. The molecule has 0 aliphatic rings. The number of nitrogens with one attached hydrogen (secondary N) is 2. The first-order valence-electron chi connectivity index (χ1n) is 9.06. The third kappa shape index (κ3) is 9.17. The summed E-state index contributed by atoms with van der Waals surface area (Å²) in [5.41, 5.74) is 0. The third-order valence-corrected chi connectivity index (χ3v) is 5.00. The van der Waals surface area contributed by atoms with Gasteiger partial charge in [0.25, 0.3) is 0 Å². The molecule has 7 nitrogen and oxygen atoms in total. The molecule has 0 radical (unpaired) electrons. The second-order valence-corrected chi connectivity index (χ2v) is 7.49. The molecule has 0 spiro atoms. The van der Waals surface area contributed by atoms with Crippen molar-refractivity contribution in [3.8, 4) is 5.75 Å². The highest BCUT2D eigenvalue weighted by molar-refractivity contribution is 7.89. The first-order chi connectivity index (χ1) is 12.5. The number of unbranched alkanes of at least 4 members (excludes halogenated alkanes) is 1. The number of carbonyl (C=O) groups excluding carboxylic acids is 1. The number of hydrogen-bond donors (Lipinski definition) is 2. The van der Waals surface area contributed by atoms with Crippen molar-refractivity contribution in [1.29, 1.82) is 0 Å². The maximum Gasteiger partial charge on any atom is 0.240 e. The summed E-state index contributed by atoms with van der Waals surface area (Å²) in [4.78, 5) is 11.9. The zero-order valence-electron chi connectivity index (χ0n) is 15.6. The molecule has 148 valence electrons. The monoisotopic (exact) mass is 386 g/mol. The lowest BCUT2D eigenvalue weighted by Crippen LogP contribution is -2.31. The number of amides is 1. The van der Waals surface area contributed by atoms with E-state index in [-0.39, 0.29) is 23.8 Å². The van der Waals surface area contributed by atoms with E-state index < -0.39 is 10.0 Å². The van der Waals surface area contributed by atoms with Gasteiger partial charge in [-0.05, 0) is 44.0 Å². The quantitative estimate of drug-likeness (QED) is 0.478. The lowest BCUT2D eigenvalue weighted by atomic mass is 10.3. The Morgan fingerprint density at radius 2 is 1.73 bits per heavy atom. The fourth-order valence-corrected chi connectivity index (χ4v) is 3.13. The normalized spacial score (nSPS) is 11.3. The van der Waals surface area contributed by atoms with E-state index in [0.717, 1.165) is 25.9 Å². The molecule has 1 aromatic carbocycles. The molecule has 0 bridgehead atoms. The van der Waals surface area contributed by atoms with Crippen LogP contribution in [-0.2, 0) is 19.6 Å². The van der Waals surface area contributed by atoms with E-state index >= 15 is 0 Å². The van der Waals surface area contributed by atoms with Gasteiger partial charge in [0.1, 0.15) is 5.75 Å². The van der Waals surface area contributed by atoms with Crippen molar-refractivity contribution in [2.24, 2.45) is 0 Å². The molecule has 0 fully saturated rings. The molecule has 0 aliphatic heterocycles. The largest absolute Gasteiger partial charge is 0.494 e. The van der Waals surface area contributed by atoms with Gasteiger partial charge in [-0.1, -0.05) is 13.3 Å². The van der Waals surface area contributed by atoms with Crippen molar-refractivity contribution < 1.29 is 22.7 Å². The van der Waals surface area contributed by atoms with Gasteiger partial charge in [-0.25, -0.2) is 13.1 Å². The number of rotatable bonds is 14. The van der Waals surface area contributed by atoms with Gasteiger partial charge in [-0.3, -0.25) is 4.79 Å². The highest BCUT2D eigenvalue weighted by Gasteiger charge is 2.14. The topological polar surface area (TPSA) is 93.7 Å². The fraction of sp³-hybridized carbons (Fsp3) is 0.611. The van der Waals surface area contributed by atoms with Crippen LogP contribution in [0, 0.1) is 0 Å². The van der Waals surface area contributed by atoms with Crippen LogP contribution in [0.25, 0.3) is 0 Å². The number of benzene rings is 1. The van der Waals surface area contributed by atoms with E-state index in [9.17, 15) is 13.2 Å². The lowest BCUT2D eigenvalue weighted by molar-refractivity contribution is -0.120. The fourth-order valence-electron chi connectivity index (χ4n) is 2.10. The van der Waals surface area contributed by atoms with E-state index in [1.54, 1.807) is 12.1 Å². The van der Waals surface area contributed by atoms with E-state index in [2.05, 4.69) is 17.0 Å². The molecule has 0 heterocycles. The molecule has 0 atom stereocenters. The van der Waals surface area contributed by atoms with Gasteiger partial charge in [0.15, 0.2) is 0 Å². The molecular weight excluding hydrogens is 356 g/mol. The van der Waals surface area contributed by atoms with Gasteiger partial charge < -0.3 is 14.8 Å². The summed E-state index contributed by atoms with van der Waals surface area (Å²) in [7, 11) is -3.63. The molecule has 26 heavy (non-hydrogen) atoms. The summed E-state index contributed by atoms with van der Waals surface area (Å²) >= 11 is 0. The van der Waals surface area contributed by atoms with Gasteiger partial charge in [0, 0.05) is 32.7 Å². The van der Waals surface area contributed by atoms with Crippen molar-refractivity contribution in [3.63, 3.8) is 0 Å². The average molecular weight is 387 g/mol. The molecule has 0 saturated carbocycles. The third-order valence-electron chi connectivity index (χ3n) is 3.52. The predicted molar refractivity (Wildman–Crippen MR) is 101 cm³/mol. The summed E-state index contributed by atoms with van der Waals surface area (Å²) in [5.74, 6) is 0.428. The maximum atomic E-state index is 12.2. The Morgan fingerprint density at radius 1 is 1.04 bits per heavy atom. The van der Waals surface area contributed by atoms with Gasteiger partial charge >= 0.3 is 0 Å². The van der Waals surface area contributed by atoms with Crippen LogP contribution in [0.5, 0.6) is 5.75 Å². The van der Waals surface area contributed by atoms with Crippen molar-refractivity contribution in [1.82, 2.24) is 10.0 Å². The first kappa shape index (κ1) is 22.4. The van der Waals surface area contributed by atoms with E-state index in [1.165, 1.54) is 12.1 Å². The Balaban J connectivity index is 2.23. The Kier molecular flexibility index (Phi) is 10.9. The summed E-state index contributed by atoms with van der Waals surface area (Å²) in [5, 5.41) is 2.75. The molecule has 1 aromatic rings. The minimum absolute atomic E-state index is 0.0500. The standard InChI is InChI=1S/C18H30N2O5S/c1-3-5-14-24-15-6-12-19-18(21)11-13-20-26(22,23)17-9-7-16(8-10-17)25-4-2/h7-10,20H,3-6,11-15H2,1-2H3,(H,19,21). The number of ether oxygens (including phenoxy) is 2. The smallest absolute Gasteiger partial charge is 0.240 e. The molecule has 2 N–H and O–H groups in total. The van der Waals surface area contributed by atoms with Crippen LogP contribution in [0.4, 0.5) is 0 Å². The first-order valence-corrected chi connectivity index (χ1v) is 10.5. The zero-order valence-corrected chi connectivity index (χ0v) is 16.4. The van der Waals surface area contributed by atoms with Crippen LogP contribution in [-0.4, -0.2) is 47.2 Å². The van der Waals surface area contributed by atoms with Crippen LogP contribution < -0.4 is 14.8 Å². The molecule has 0 aliphatic carbocycles. The van der Waals surface area contributed by atoms with Gasteiger partial charge in [-0.2, -0.15) is 0 Å². The number of sulfonamides is 1. The van der Waals surface area contributed by atoms with Crippen molar-refractivity contribution >= 4 is 15.9 Å². The van der Waals surface area contributed by atoms with Crippen LogP contribution in [0.3, 0.4) is 0 Å². The van der Waals surface area contributed by atoms with Gasteiger partial charge in [-0.15, -0.1) is 0 Å². The Labute approximate surface area is 156 Å². The molecule has 0 saturated heterocycles. The Bertz CT molecular complexity index is 617. The Hall–Kier alpha value is -1.64. The minimum Gasteiger partial charge on any atom is -0.494 e. The van der Waals surface area contributed by atoms with Crippen molar-refractivity contribution in [2.45, 2.75) is 44.4 Å². The highest BCUT2D eigenvalue weighted by atomic mass is 32.2.